The molecular formula is C66H107ClF3N11O11. The minimum atomic E-state index is -4.49. The molecule has 3 aliphatic heterocycles. The molecule has 0 aromatic heterocycles. The lowest BCUT2D eigenvalue weighted by molar-refractivity contribution is -0.182. The van der Waals surface area contributed by atoms with E-state index >= 15 is 9.59 Å². The SMILES string of the molecule is CC[C@H](C)[C@@H]1NC(=O)[C@H](C)N(C)C(=O)C[C@@H](C)N(C)C(=O)[C@H](CC2CCCC2)N(C)C(=O)C(C)(C)N(C)C(=O)[C@@H]2CCCN2C(=O)[C@H](CCC2CCC(C(F)(F)F)C(Cl)C2)NC(=O)CN(C)C(=O)[C@H](CC2CCCCC2)N(C)C(=O)[C@@H]2CCN2C(=O)[C@H](C)N(C)C1=O. The number of nitrogens with zero attached hydrogens (tertiary/aromatic N) is 9. The van der Waals surface area contributed by atoms with Gasteiger partial charge in [-0.3, -0.25) is 52.7 Å². The molecule has 2 N–H and O–H groups in total. The Morgan fingerprint density at radius 2 is 1.13 bits per heavy atom. The number of fused-ring (bicyclic) bond motifs is 2. The third kappa shape index (κ3) is 17.6. The average molecular weight is 1320 g/mol. The van der Waals surface area contributed by atoms with E-state index in [4.69, 9.17) is 11.6 Å². The van der Waals surface area contributed by atoms with E-state index in [2.05, 4.69) is 10.6 Å². The lowest BCUT2D eigenvalue weighted by atomic mass is 9.78. The fraction of sp³-hybridized carbons (Fsp3) is 0.833. The summed E-state index contributed by atoms with van der Waals surface area (Å²) in [5.41, 5.74) is -1.61. The third-order valence-electron chi connectivity index (χ3n) is 22.0. The zero-order valence-electron chi connectivity index (χ0n) is 57.2. The van der Waals surface area contributed by atoms with Gasteiger partial charge in [0.15, 0.2) is 0 Å². The van der Waals surface area contributed by atoms with Crippen molar-refractivity contribution in [2.75, 3.05) is 69.0 Å². The van der Waals surface area contributed by atoms with Crippen LogP contribution in [0.4, 0.5) is 13.2 Å². The second kappa shape index (κ2) is 32.1. The number of hydrogen-bond donors (Lipinski definition) is 2. The van der Waals surface area contributed by atoms with Crippen molar-refractivity contribution < 1.29 is 65.9 Å². The Labute approximate surface area is 548 Å². The van der Waals surface area contributed by atoms with Crippen molar-refractivity contribution in [3.63, 3.8) is 0 Å². The summed E-state index contributed by atoms with van der Waals surface area (Å²) in [6.45, 7) is 11.2. The van der Waals surface area contributed by atoms with Gasteiger partial charge in [-0.05, 0) is 122 Å². The number of amides is 11. The Balaban J connectivity index is 1.36. The first-order valence-corrected chi connectivity index (χ1v) is 34.3. The van der Waals surface area contributed by atoms with Crippen LogP contribution in [0.1, 0.15) is 183 Å². The zero-order chi connectivity index (χ0) is 68.6. The van der Waals surface area contributed by atoms with Gasteiger partial charge in [-0.2, -0.15) is 13.2 Å². The normalized spacial score (nSPS) is 32.0. The lowest BCUT2D eigenvalue weighted by Gasteiger charge is -2.45. The first-order valence-electron chi connectivity index (χ1n) is 33.8. The predicted octanol–water partition coefficient (Wildman–Crippen LogP) is 5.80. The van der Waals surface area contributed by atoms with Crippen LogP contribution in [-0.2, 0) is 52.7 Å². The number of alkyl halides is 4. The molecule has 0 spiro atoms. The fourth-order valence-electron chi connectivity index (χ4n) is 14.6. The lowest BCUT2D eigenvalue weighted by Crippen LogP contribution is -2.65. The highest BCUT2D eigenvalue weighted by atomic mass is 35.5. The molecule has 0 radical (unpaired) electrons. The van der Waals surface area contributed by atoms with Crippen LogP contribution in [0.25, 0.3) is 0 Å². The Kier molecular flexibility index (Phi) is 26.3. The minimum absolute atomic E-state index is 0.0148. The standard InChI is InChI=1S/C66H107ClF3N11O11/c1-15-39(2)55-63(91)76(11)42(5)57(85)81-33-31-50(81)60(88)77(12)51(36-43-22-17-16-18-23-43)59(87)73(8)38-53(82)71-48(30-28-45-27-29-46(47(67)35-45)66(68,69)70)58(86)80-32-21-26-49(80)62(90)79(14)65(6,7)64(92)78(13)52(37-44-24-19-20-25-44)61(89)74(9)40(3)34-54(83)75(10)41(4)56(84)72-55/h39-52,55H,15-38H2,1-14H3,(H,71,82)(H,72,84)/t39-,40+,41-,42-,45?,46?,47?,48-,49-,50-,51-,52-,55-/m0/s1. The maximum atomic E-state index is 15.1. The van der Waals surface area contributed by atoms with Crippen LogP contribution in [0.2, 0.25) is 0 Å². The van der Waals surface area contributed by atoms with Gasteiger partial charge in [0, 0.05) is 80.3 Å². The summed E-state index contributed by atoms with van der Waals surface area (Å²) in [4.78, 5) is 173. The van der Waals surface area contributed by atoms with Crippen molar-refractivity contribution in [3.05, 3.63) is 0 Å². The van der Waals surface area contributed by atoms with Crippen LogP contribution in [0.5, 0.6) is 0 Å². The molecule has 92 heavy (non-hydrogen) atoms. The largest absolute Gasteiger partial charge is 0.393 e. The summed E-state index contributed by atoms with van der Waals surface area (Å²) in [5, 5.41) is 4.48. The van der Waals surface area contributed by atoms with Crippen LogP contribution < -0.4 is 10.6 Å². The first kappa shape index (κ1) is 75.3. The number of halogens is 4. The summed E-state index contributed by atoms with van der Waals surface area (Å²) in [7, 11) is 10.3. The van der Waals surface area contributed by atoms with Gasteiger partial charge in [-0.25, -0.2) is 0 Å². The molecule has 22 nitrogen and oxygen atoms in total. The maximum absolute atomic E-state index is 15.1. The Morgan fingerprint density at radius 3 is 1.68 bits per heavy atom. The minimum Gasteiger partial charge on any atom is -0.343 e. The van der Waals surface area contributed by atoms with E-state index in [1.54, 1.807) is 34.7 Å². The molecule has 0 aromatic carbocycles. The van der Waals surface area contributed by atoms with Gasteiger partial charge < -0.3 is 54.7 Å². The summed E-state index contributed by atoms with van der Waals surface area (Å²) >= 11 is 6.38. The van der Waals surface area contributed by atoms with E-state index in [0.29, 0.717) is 19.3 Å². The summed E-state index contributed by atoms with van der Waals surface area (Å²) in [6.07, 6.45) is 5.30. The maximum Gasteiger partial charge on any atom is 0.393 e. The molecule has 26 heteroatoms. The summed E-state index contributed by atoms with van der Waals surface area (Å²) in [6, 6.07) is -9.59. The van der Waals surface area contributed by atoms with E-state index in [9.17, 15) is 56.3 Å². The van der Waals surface area contributed by atoms with Gasteiger partial charge in [0.2, 0.25) is 65.0 Å². The second-order valence-corrected chi connectivity index (χ2v) is 29.0. The van der Waals surface area contributed by atoms with Crippen molar-refractivity contribution in [1.82, 2.24) is 54.7 Å². The molecular weight excluding hydrogens is 1220 g/mol. The van der Waals surface area contributed by atoms with E-state index < -0.39 is 155 Å². The summed E-state index contributed by atoms with van der Waals surface area (Å²) in [5.74, 6) is -8.61. The van der Waals surface area contributed by atoms with Crippen LogP contribution in [0.3, 0.4) is 0 Å². The number of rotatable bonds is 9. The quantitative estimate of drug-likeness (QED) is 0.261. The molecule has 3 saturated carbocycles. The van der Waals surface area contributed by atoms with Crippen molar-refractivity contribution in [2.45, 2.75) is 255 Å². The van der Waals surface area contributed by atoms with Crippen molar-refractivity contribution in [3.8, 4) is 0 Å². The predicted molar refractivity (Wildman–Crippen MR) is 341 cm³/mol. The first-order chi connectivity index (χ1) is 43.0. The van der Waals surface area contributed by atoms with Gasteiger partial charge >= 0.3 is 6.18 Å². The molecule has 6 rings (SSSR count). The van der Waals surface area contributed by atoms with Crippen molar-refractivity contribution in [1.29, 1.82) is 0 Å². The number of likely N-dealkylation sites (N-methyl/N-ethyl adjacent to an activating group) is 7. The van der Waals surface area contributed by atoms with Crippen molar-refractivity contribution >= 4 is 76.6 Å². The van der Waals surface area contributed by atoms with E-state index in [-0.39, 0.29) is 88.6 Å². The molecule has 3 saturated heterocycles. The van der Waals surface area contributed by atoms with Crippen LogP contribution in [0.15, 0.2) is 0 Å². The Morgan fingerprint density at radius 1 is 0.565 bits per heavy atom. The molecule has 0 aromatic rings. The molecule has 3 aliphatic carbocycles. The highest BCUT2D eigenvalue weighted by Gasteiger charge is 2.50. The highest BCUT2D eigenvalue weighted by molar-refractivity contribution is 6.20. The number of hydrogen-bond acceptors (Lipinski definition) is 11. The molecule has 0 bridgehead atoms. The molecule has 11 amide bonds. The Hall–Kier alpha value is -5.75. The number of carbonyl (C=O) groups is 11. The van der Waals surface area contributed by atoms with Crippen LogP contribution >= 0.6 is 11.6 Å². The number of carbonyl (C=O) groups excluding carboxylic acids is 11. The average Bonchev–Trinajstić information content (AvgIpc) is 0.952. The molecule has 520 valence electrons. The van der Waals surface area contributed by atoms with E-state index in [1.165, 1.54) is 100 Å². The van der Waals surface area contributed by atoms with Crippen LogP contribution in [0, 0.1) is 29.6 Å². The third-order valence-corrected chi connectivity index (χ3v) is 22.5. The molecule has 6 fully saturated rings. The smallest absolute Gasteiger partial charge is 0.343 e. The second-order valence-electron chi connectivity index (χ2n) is 28.4. The number of nitrogens with one attached hydrogen (secondary N) is 2. The molecule has 3 unspecified atom stereocenters. The fourth-order valence-corrected chi connectivity index (χ4v) is 15.1. The monoisotopic (exact) mass is 1320 g/mol. The van der Waals surface area contributed by atoms with Crippen LogP contribution in [-0.4, -0.2) is 250 Å². The summed E-state index contributed by atoms with van der Waals surface area (Å²) < 4.78 is 41.8. The zero-order valence-corrected chi connectivity index (χ0v) is 57.9. The van der Waals surface area contributed by atoms with Crippen molar-refractivity contribution in [2.24, 2.45) is 29.6 Å². The van der Waals surface area contributed by atoms with Gasteiger partial charge in [-0.15, -0.1) is 11.6 Å². The molecule has 3 heterocycles. The van der Waals surface area contributed by atoms with Gasteiger partial charge in [0.25, 0.3) is 0 Å². The molecule has 13 atom stereocenters. The van der Waals surface area contributed by atoms with E-state index in [1.807, 2.05) is 6.92 Å². The molecule has 6 aliphatic rings. The van der Waals surface area contributed by atoms with Gasteiger partial charge in [0.1, 0.15) is 53.9 Å². The topological polar surface area (TPSA) is 241 Å². The Bertz CT molecular complexity index is 2680. The van der Waals surface area contributed by atoms with E-state index in [0.717, 1.165) is 57.8 Å². The van der Waals surface area contributed by atoms with Gasteiger partial charge in [0.05, 0.1) is 12.5 Å². The van der Waals surface area contributed by atoms with Gasteiger partial charge in [-0.1, -0.05) is 78.1 Å². The highest BCUT2D eigenvalue weighted by Crippen LogP contribution is 2.44.